The molecule has 0 bridgehead atoms. The monoisotopic (exact) mass is 491 g/mol. The van der Waals surface area contributed by atoms with E-state index in [0.717, 1.165) is 41.5 Å². The Kier molecular flexibility index (Phi) is 6.63. The zero-order chi connectivity index (χ0) is 24.5. The topological polar surface area (TPSA) is 62.2 Å². The number of hydrogen-bond donors (Lipinski definition) is 2. The van der Waals surface area contributed by atoms with Crippen LogP contribution in [-0.4, -0.2) is 40.9 Å². The summed E-state index contributed by atoms with van der Waals surface area (Å²) in [6, 6.07) is 20.1. The van der Waals surface area contributed by atoms with Crippen LogP contribution >= 0.6 is 11.6 Å². The van der Waals surface area contributed by atoms with Crippen molar-refractivity contribution >= 4 is 22.2 Å². The Morgan fingerprint density at radius 3 is 2.54 bits per heavy atom. The van der Waals surface area contributed by atoms with Crippen LogP contribution in [0.1, 0.15) is 43.1 Å². The molecule has 0 aromatic heterocycles. The molecular weight excluding hydrogens is 462 g/mol. The van der Waals surface area contributed by atoms with Gasteiger partial charge in [0.2, 0.25) is 0 Å². The molecular formula is C29H30ClNO4. The highest BCUT2D eigenvalue weighted by Gasteiger charge is 2.31. The van der Waals surface area contributed by atoms with Crippen LogP contribution < -0.4 is 9.47 Å². The number of nitrogens with zero attached hydrogens (tertiary/aromatic N) is 1. The van der Waals surface area contributed by atoms with Crippen molar-refractivity contribution < 1.29 is 19.7 Å². The molecule has 1 fully saturated rings. The maximum Gasteiger partial charge on any atom is 0.151 e. The molecule has 5 nitrogen and oxygen atoms in total. The van der Waals surface area contributed by atoms with Gasteiger partial charge in [-0.3, -0.25) is 4.90 Å². The Morgan fingerprint density at radius 1 is 1.06 bits per heavy atom. The van der Waals surface area contributed by atoms with Crippen LogP contribution in [0, 0.1) is 5.92 Å². The maximum absolute atomic E-state index is 10.1. The lowest BCUT2D eigenvalue weighted by molar-refractivity contribution is 0.169. The number of phenols is 2. The van der Waals surface area contributed by atoms with Gasteiger partial charge in [0.15, 0.2) is 6.10 Å². The highest BCUT2D eigenvalue weighted by Crippen LogP contribution is 2.49. The molecule has 2 aliphatic rings. The van der Waals surface area contributed by atoms with Crippen molar-refractivity contribution in [3.8, 4) is 23.0 Å². The third-order valence-electron chi connectivity index (χ3n) is 6.85. The quantitative estimate of drug-likeness (QED) is 0.415. The van der Waals surface area contributed by atoms with Gasteiger partial charge in [-0.05, 0) is 79.4 Å². The van der Waals surface area contributed by atoms with Crippen LogP contribution in [-0.2, 0) is 0 Å². The van der Waals surface area contributed by atoms with Gasteiger partial charge in [-0.25, -0.2) is 0 Å². The standard InChI is InChI=1S/C29H30ClNO4/c1-18-12-13-31(16-18)19(2)17-34-24-9-6-20(7-10-24)29-27(21-4-3-5-22(32)14-21)28(30)25-15-23(33)8-11-26(25)35-29/h3-11,14-15,18-19,29,32-33H,12-13,16-17H2,1-2H3. The summed E-state index contributed by atoms with van der Waals surface area (Å²) in [5, 5.41) is 20.6. The average molecular weight is 492 g/mol. The normalized spacial score (nSPS) is 20.9. The molecule has 6 heteroatoms. The number of fused-ring (bicyclic) bond motifs is 1. The fourth-order valence-electron chi connectivity index (χ4n) is 4.86. The zero-order valence-electron chi connectivity index (χ0n) is 19.9. The van der Waals surface area contributed by atoms with Crippen LogP contribution in [0.3, 0.4) is 0 Å². The first-order valence-corrected chi connectivity index (χ1v) is 12.4. The molecule has 0 spiro atoms. The molecule has 3 aromatic rings. The van der Waals surface area contributed by atoms with Crippen molar-refractivity contribution in [2.24, 2.45) is 5.92 Å². The van der Waals surface area contributed by atoms with Gasteiger partial charge in [-0.2, -0.15) is 0 Å². The molecule has 2 N–H and O–H groups in total. The first-order chi connectivity index (χ1) is 16.9. The average Bonchev–Trinajstić information content (AvgIpc) is 3.29. The van der Waals surface area contributed by atoms with E-state index in [1.807, 2.05) is 30.3 Å². The Morgan fingerprint density at radius 2 is 1.83 bits per heavy atom. The lowest BCUT2D eigenvalue weighted by Crippen LogP contribution is -2.35. The zero-order valence-corrected chi connectivity index (χ0v) is 20.7. The summed E-state index contributed by atoms with van der Waals surface area (Å²) in [6.07, 6.45) is 0.765. The minimum absolute atomic E-state index is 0.110. The van der Waals surface area contributed by atoms with Crippen molar-refractivity contribution in [2.75, 3.05) is 19.7 Å². The summed E-state index contributed by atoms with van der Waals surface area (Å²) in [4.78, 5) is 2.48. The van der Waals surface area contributed by atoms with Gasteiger partial charge < -0.3 is 19.7 Å². The molecule has 0 radical (unpaired) electrons. The van der Waals surface area contributed by atoms with E-state index in [-0.39, 0.29) is 11.5 Å². The fourth-order valence-corrected chi connectivity index (χ4v) is 5.21. The van der Waals surface area contributed by atoms with Crippen molar-refractivity contribution in [3.63, 3.8) is 0 Å². The summed E-state index contributed by atoms with van der Waals surface area (Å²) >= 11 is 6.88. The Balaban J connectivity index is 1.41. The number of hydrogen-bond acceptors (Lipinski definition) is 5. The third-order valence-corrected chi connectivity index (χ3v) is 7.26. The van der Waals surface area contributed by atoms with Gasteiger partial charge in [0.25, 0.3) is 0 Å². The summed E-state index contributed by atoms with van der Waals surface area (Å²) < 4.78 is 12.5. The van der Waals surface area contributed by atoms with E-state index in [1.54, 1.807) is 36.4 Å². The van der Waals surface area contributed by atoms with Gasteiger partial charge in [-0.15, -0.1) is 0 Å². The summed E-state index contributed by atoms with van der Waals surface area (Å²) in [5.41, 5.74) is 3.01. The van der Waals surface area contributed by atoms with Crippen LogP contribution in [0.2, 0.25) is 0 Å². The second-order valence-corrected chi connectivity index (χ2v) is 9.95. The highest BCUT2D eigenvalue weighted by atomic mass is 35.5. The van der Waals surface area contributed by atoms with E-state index in [0.29, 0.717) is 29.0 Å². The Labute approximate surface area is 211 Å². The van der Waals surface area contributed by atoms with E-state index in [1.165, 1.54) is 6.42 Å². The smallest absolute Gasteiger partial charge is 0.151 e. The number of halogens is 1. The molecule has 3 aromatic carbocycles. The molecule has 2 heterocycles. The number of ether oxygens (including phenoxy) is 2. The van der Waals surface area contributed by atoms with E-state index >= 15 is 0 Å². The van der Waals surface area contributed by atoms with Gasteiger partial charge in [0.05, 0.1) is 5.03 Å². The Bertz CT molecular complexity index is 1240. The third kappa shape index (κ3) is 4.97. The molecule has 1 saturated heterocycles. The minimum Gasteiger partial charge on any atom is -0.508 e. The van der Waals surface area contributed by atoms with E-state index < -0.39 is 6.10 Å². The van der Waals surface area contributed by atoms with E-state index in [4.69, 9.17) is 21.1 Å². The van der Waals surface area contributed by atoms with Crippen molar-refractivity contribution in [2.45, 2.75) is 32.4 Å². The molecule has 182 valence electrons. The van der Waals surface area contributed by atoms with Crippen molar-refractivity contribution in [3.05, 3.63) is 83.4 Å². The number of phenolic OH excluding ortho intramolecular Hbond substituents is 2. The second kappa shape index (κ2) is 9.84. The van der Waals surface area contributed by atoms with E-state index in [2.05, 4.69) is 18.7 Å². The molecule has 5 rings (SSSR count). The van der Waals surface area contributed by atoms with Gasteiger partial charge >= 0.3 is 0 Å². The maximum atomic E-state index is 10.1. The van der Waals surface area contributed by atoms with E-state index in [9.17, 15) is 10.2 Å². The van der Waals surface area contributed by atoms with Gasteiger partial charge in [0, 0.05) is 23.7 Å². The first-order valence-electron chi connectivity index (χ1n) is 12.0. The van der Waals surface area contributed by atoms with Gasteiger partial charge in [-0.1, -0.05) is 42.8 Å². The predicted molar refractivity (Wildman–Crippen MR) is 139 cm³/mol. The summed E-state index contributed by atoms with van der Waals surface area (Å²) in [5.74, 6) is 2.41. The van der Waals surface area contributed by atoms with Gasteiger partial charge in [0.1, 0.15) is 29.6 Å². The summed E-state index contributed by atoms with van der Waals surface area (Å²) in [7, 11) is 0. The molecule has 35 heavy (non-hydrogen) atoms. The lowest BCUT2D eigenvalue weighted by Gasteiger charge is -2.30. The fraction of sp³-hybridized carbons (Fsp3) is 0.310. The van der Waals surface area contributed by atoms with Crippen molar-refractivity contribution in [1.82, 2.24) is 4.90 Å². The van der Waals surface area contributed by atoms with Crippen molar-refractivity contribution in [1.29, 1.82) is 0 Å². The lowest BCUT2D eigenvalue weighted by atomic mass is 9.90. The minimum atomic E-state index is -0.486. The molecule has 3 atom stereocenters. The van der Waals surface area contributed by atoms with Crippen LogP contribution in [0.4, 0.5) is 0 Å². The number of rotatable bonds is 6. The van der Waals surface area contributed by atoms with Crippen LogP contribution in [0.5, 0.6) is 23.0 Å². The molecule has 0 saturated carbocycles. The SMILES string of the molecule is CC1CCN(C(C)COc2ccc(C3Oc4ccc(O)cc4C(Cl)=C3c3cccc(O)c3)cc2)C1. The molecule has 0 amide bonds. The molecule has 3 unspecified atom stereocenters. The molecule has 2 aliphatic heterocycles. The largest absolute Gasteiger partial charge is 0.508 e. The van der Waals surface area contributed by atoms with Crippen LogP contribution in [0.15, 0.2) is 66.7 Å². The highest BCUT2D eigenvalue weighted by molar-refractivity contribution is 6.53. The predicted octanol–water partition coefficient (Wildman–Crippen LogP) is 6.45. The first kappa shape index (κ1) is 23.6. The summed E-state index contributed by atoms with van der Waals surface area (Å²) in [6.45, 7) is 7.42. The molecule has 0 aliphatic carbocycles. The second-order valence-electron chi connectivity index (χ2n) is 9.57. The number of benzene rings is 3. The van der Waals surface area contributed by atoms with Crippen LogP contribution in [0.25, 0.3) is 10.6 Å². The number of likely N-dealkylation sites (tertiary alicyclic amines) is 1. The Hall–Kier alpha value is -3.15. The number of aromatic hydroxyl groups is 2.